The van der Waals surface area contributed by atoms with Gasteiger partial charge in [0.1, 0.15) is 0 Å². The molecule has 2 aromatic heterocycles. The van der Waals surface area contributed by atoms with Gasteiger partial charge in [0, 0.05) is 45.4 Å². The first-order valence-corrected chi connectivity index (χ1v) is 11.0. The van der Waals surface area contributed by atoms with Crippen molar-refractivity contribution in [1.29, 1.82) is 0 Å². The van der Waals surface area contributed by atoms with E-state index in [9.17, 15) is 0 Å². The standard InChI is InChI=1S/C26H20Cl2N4/c1-17-14-21(32-13-12-29-16-32)7-9-22(17)26(18-2-4-19(27)5-3-18)31-24-10-11-30-25-15-20(28)6-8-23(24)25/h2-16,26H,1H3,(H,30,31). The lowest BCUT2D eigenvalue weighted by Crippen LogP contribution is -2.14. The number of halogens is 2. The fourth-order valence-electron chi connectivity index (χ4n) is 3.95. The smallest absolute Gasteiger partial charge is 0.0991 e. The summed E-state index contributed by atoms with van der Waals surface area (Å²) in [6.07, 6.45) is 7.33. The summed E-state index contributed by atoms with van der Waals surface area (Å²) >= 11 is 12.4. The normalized spacial score (nSPS) is 12.1. The maximum atomic E-state index is 6.18. The number of nitrogens with one attached hydrogen (secondary N) is 1. The van der Waals surface area contributed by atoms with Crippen molar-refractivity contribution in [2.75, 3.05) is 5.32 Å². The third kappa shape index (κ3) is 4.07. The van der Waals surface area contributed by atoms with Crippen LogP contribution >= 0.6 is 23.2 Å². The monoisotopic (exact) mass is 458 g/mol. The van der Waals surface area contributed by atoms with E-state index < -0.39 is 0 Å². The molecule has 0 saturated heterocycles. The van der Waals surface area contributed by atoms with E-state index in [-0.39, 0.29) is 6.04 Å². The lowest BCUT2D eigenvalue weighted by Gasteiger charge is -2.24. The number of imidazole rings is 1. The Morgan fingerprint density at radius 3 is 2.44 bits per heavy atom. The van der Waals surface area contributed by atoms with E-state index in [1.807, 2.05) is 47.2 Å². The Bertz CT molecular complexity index is 1380. The maximum absolute atomic E-state index is 6.18. The van der Waals surface area contributed by atoms with Gasteiger partial charge in [0.25, 0.3) is 0 Å². The molecule has 0 spiro atoms. The van der Waals surface area contributed by atoms with E-state index in [4.69, 9.17) is 23.2 Å². The molecular weight excluding hydrogens is 439 g/mol. The van der Waals surface area contributed by atoms with Crippen LogP contribution in [0.15, 0.2) is 91.6 Å². The van der Waals surface area contributed by atoms with Gasteiger partial charge >= 0.3 is 0 Å². The molecule has 0 fully saturated rings. The van der Waals surface area contributed by atoms with E-state index in [0.717, 1.165) is 27.8 Å². The number of fused-ring (bicyclic) bond motifs is 1. The van der Waals surface area contributed by atoms with Crippen LogP contribution < -0.4 is 5.32 Å². The van der Waals surface area contributed by atoms with E-state index in [0.29, 0.717) is 10.0 Å². The van der Waals surface area contributed by atoms with Gasteiger partial charge in [0.15, 0.2) is 0 Å². The summed E-state index contributed by atoms with van der Waals surface area (Å²) in [7, 11) is 0. The highest BCUT2D eigenvalue weighted by molar-refractivity contribution is 6.31. The highest BCUT2D eigenvalue weighted by Gasteiger charge is 2.18. The van der Waals surface area contributed by atoms with Gasteiger partial charge in [-0.05, 0) is 72.1 Å². The molecule has 1 N–H and O–H groups in total. The van der Waals surface area contributed by atoms with Gasteiger partial charge < -0.3 is 9.88 Å². The topological polar surface area (TPSA) is 42.7 Å². The first-order valence-electron chi connectivity index (χ1n) is 10.2. The highest BCUT2D eigenvalue weighted by Crippen LogP contribution is 2.33. The highest BCUT2D eigenvalue weighted by atomic mass is 35.5. The molecule has 158 valence electrons. The van der Waals surface area contributed by atoms with Crippen LogP contribution in [0.5, 0.6) is 0 Å². The molecule has 32 heavy (non-hydrogen) atoms. The van der Waals surface area contributed by atoms with Crippen molar-refractivity contribution < 1.29 is 0 Å². The first kappa shape index (κ1) is 20.6. The number of nitrogens with zero attached hydrogens (tertiary/aromatic N) is 3. The Hall–Kier alpha value is -3.34. The molecule has 6 heteroatoms. The summed E-state index contributed by atoms with van der Waals surface area (Å²) < 4.78 is 2.00. The number of pyridine rings is 1. The minimum atomic E-state index is -0.0784. The number of aryl methyl sites for hydroxylation is 1. The minimum absolute atomic E-state index is 0.0784. The summed E-state index contributed by atoms with van der Waals surface area (Å²) in [5, 5.41) is 6.14. The largest absolute Gasteiger partial charge is 0.374 e. The average Bonchev–Trinajstić information content (AvgIpc) is 3.33. The summed E-state index contributed by atoms with van der Waals surface area (Å²) in [6, 6.07) is 22.1. The number of anilines is 1. The van der Waals surface area contributed by atoms with Gasteiger partial charge in [-0.25, -0.2) is 4.98 Å². The van der Waals surface area contributed by atoms with Crippen LogP contribution in [0.4, 0.5) is 5.69 Å². The molecule has 5 rings (SSSR count). The van der Waals surface area contributed by atoms with Crippen molar-refractivity contribution in [1.82, 2.24) is 14.5 Å². The molecule has 0 radical (unpaired) electrons. The van der Waals surface area contributed by atoms with Gasteiger partial charge in [-0.3, -0.25) is 4.98 Å². The van der Waals surface area contributed by atoms with Crippen molar-refractivity contribution >= 4 is 39.8 Å². The van der Waals surface area contributed by atoms with Gasteiger partial charge in [0.05, 0.1) is 17.9 Å². The van der Waals surface area contributed by atoms with Crippen LogP contribution in [0, 0.1) is 6.92 Å². The number of benzene rings is 3. The lowest BCUT2D eigenvalue weighted by molar-refractivity contribution is 0.923. The molecule has 0 saturated carbocycles. The predicted octanol–water partition coefficient (Wildman–Crippen LogP) is 7.24. The second-order valence-corrected chi connectivity index (χ2v) is 8.53. The second-order valence-electron chi connectivity index (χ2n) is 7.66. The van der Waals surface area contributed by atoms with Gasteiger partial charge in [-0.15, -0.1) is 0 Å². The second kappa shape index (κ2) is 8.65. The van der Waals surface area contributed by atoms with Crippen LogP contribution in [0.25, 0.3) is 16.6 Å². The Balaban J connectivity index is 1.60. The number of hydrogen-bond acceptors (Lipinski definition) is 3. The van der Waals surface area contributed by atoms with E-state index in [1.165, 1.54) is 11.1 Å². The predicted molar refractivity (Wildman–Crippen MR) is 132 cm³/mol. The third-order valence-corrected chi connectivity index (χ3v) is 6.06. The van der Waals surface area contributed by atoms with Crippen LogP contribution in [-0.2, 0) is 0 Å². The number of hydrogen-bond donors (Lipinski definition) is 1. The molecule has 0 aliphatic carbocycles. The summed E-state index contributed by atoms with van der Waals surface area (Å²) in [6.45, 7) is 2.13. The fourth-order valence-corrected chi connectivity index (χ4v) is 4.25. The van der Waals surface area contributed by atoms with Crippen LogP contribution in [-0.4, -0.2) is 14.5 Å². The Labute approximate surface area is 196 Å². The fraction of sp³-hybridized carbons (Fsp3) is 0.0769. The number of rotatable bonds is 5. The number of aromatic nitrogens is 3. The third-order valence-electron chi connectivity index (χ3n) is 5.57. The lowest BCUT2D eigenvalue weighted by atomic mass is 9.94. The molecule has 2 heterocycles. The Kier molecular flexibility index (Phi) is 5.56. The van der Waals surface area contributed by atoms with E-state index >= 15 is 0 Å². The molecule has 3 aromatic carbocycles. The molecule has 0 aliphatic rings. The molecule has 0 amide bonds. The van der Waals surface area contributed by atoms with Crippen LogP contribution in [0.1, 0.15) is 22.7 Å². The maximum Gasteiger partial charge on any atom is 0.0991 e. The molecule has 1 unspecified atom stereocenters. The van der Waals surface area contributed by atoms with Gasteiger partial charge in [0.2, 0.25) is 0 Å². The average molecular weight is 459 g/mol. The molecule has 1 atom stereocenters. The summed E-state index contributed by atoms with van der Waals surface area (Å²) in [5.41, 5.74) is 6.38. The van der Waals surface area contributed by atoms with Crippen LogP contribution in [0.3, 0.4) is 0 Å². The van der Waals surface area contributed by atoms with E-state index in [2.05, 4.69) is 52.5 Å². The Morgan fingerprint density at radius 2 is 1.69 bits per heavy atom. The zero-order chi connectivity index (χ0) is 22.1. The molecular formula is C26H20Cl2N4. The summed E-state index contributed by atoms with van der Waals surface area (Å²) in [5.74, 6) is 0. The van der Waals surface area contributed by atoms with Crippen LogP contribution in [0.2, 0.25) is 10.0 Å². The van der Waals surface area contributed by atoms with Gasteiger partial charge in [-0.2, -0.15) is 0 Å². The SMILES string of the molecule is Cc1cc(-n2ccnc2)ccc1C(Nc1ccnc2cc(Cl)ccc12)c1ccc(Cl)cc1. The quantitative estimate of drug-likeness (QED) is 0.301. The zero-order valence-corrected chi connectivity index (χ0v) is 18.8. The van der Waals surface area contributed by atoms with Crippen molar-refractivity contribution in [3.63, 3.8) is 0 Å². The Morgan fingerprint density at radius 1 is 0.875 bits per heavy atom. The molecule has 5 aromatic rings. The minimum Gasteiger partial charge on any atom is -0.374 e. The first-order chi connectivity index (χ1) is 15.6. The molecule has 4 nitrogen and oxygen atoms in total. The van der Waals surface area contributed by atoms with Crippen molar-refractivity contribution in [2.45, 2.75) is 13.0 Å². The van der Waals surface area contributed by atoms with Crippen molar-refractivity contribution in [3.8, 4) is 5.69 Å². The zero-order valence-electron chi connectivity index (χ0n) is 17.3. The van der Waals surface area contributed by atoms with Gasteiger partial charge in [-0.1, -0.05) is 41.4 Å². The van der Waals surface area contributed by atoms with Crippen molar-refractivity contribution in [2.24, 2.45) is 0 Å². The molecule has 0 bridgehead atoms. The summed E-state index contributed by atoms with van der Waals surface area (Å²) in [4.78, 5) is 8.63. The molecule has 0 aliphatic heterocycles. The van der Waals surface area contributed by atoms with E-state index in [1.54, 1.807) is 18.7 Å². The van der Waals surface area contributed by atoms with Crippen molar-refractivity contribution in [3.05, 3.63) is 118 Å².